The van der Waals surface area contributed by atoms with E-state index in [-0.39, 0.29) is 0 Å². The lowest BCUT2D eigenvalue weighted by Gasteiger charge is -2.19. The lowest BCUT2D eigenvalue weighted by Crippen LogP contribution is -2.40. The second kappa shape index (κ2) is 7.12. The maximum absolute atomic E-state index is 12.2. The first kappa shape index (κ1) is 15.4. The minimum atomic E-state index is -0.887. The van der Waals surface area contributed by atoms with Crippen molar-refractivity contribution in [2.24, 2.45) is 5.73 Å². The number of methoxy groups -OCH3 is 1. The Labute approximate surface area is 128 Å². The number of rotatable bonds is 5. The van der Waals surface area contributed by atoms with Crippen molar-refractivity contribution in [3.05, 3.63) is 60.2 Å². The molecule has 2 rings (SSSR count). The highest BCUT2D eigenvalue weighted by atomic mass is 16.5. The van der Waals surface area contributed by atoms with Gasteiger partial charge in [-0.1, -0.05) is 30.3 Å². The largest absolute Gasteiger partial charge is 0.497 e. The predicted octanol–water partition coefficient (Wildman–Crippen LogP) is 2.04. The summed E-state index contributed by atoms with van der Waals surface area (Å²) in [5.74, 6) is 0.193. The van der Waals surface area contributed by atoms with Gasteiger partial charge in [0.2, 0.25) is 0 Å². The lowest BCUT2D eigenvalue weighted by molar-refractivity contribution is -0.120. The number of benzene rings is 2. The van der Waals surface area contributed by atoms with Gasteiger partial charge in [0.1, 0.15) is 11.8 Å². The molecule has 114 valence electrons. The minimum absolute atomic E-state index is 0.519. The van der Waals surface area contributed by atoms with Crippen molar-refractivity contribution in [3.8, 4) is 5.75 Å². The van der Waals surface area contributed by atoms with Crippen LogP contribution >= 0.6 is 0 Å². The first-order valence-corrected chi connectivity index (χ1v) is 6.66. The molecular weight excluding hydrogens is 282 g/mol. The van der Waals surface area contributed by atoms with E-state index in [4.69, 9.17) is 10.5 Å². The van der Waals surface area contributed by atoms with Crippen LogP contribution in [-0.4, -0.2) is 19.0 Å². The molecule has 2 aromatic carbocycles. The van der Waals surface area contributed by atoms with Crippen LogP contribution in [0.15, 0.2) is 54.6 Å². The Morgan fingerprint density at radius 2 is 1.68 bits per heavy atom. The van der Waals surface area contributed by atoms with Gasteiger partial charge in [-0.05, 0) is 29.8 Å². The Bertz CT molecular complexity index is 641. The Kier molecular flexibility index (Phi) is 4.98. The van der Waals surface area contributed by atoms with E-state index in [1.165, 1.54) is 0 Å². The molecule has 2 aromatic rings. The molecule has 0 unspecified atom stereocenters. The fraction of sp³-hybridized carbons (Fsp3) is 0.125. The van der Waals surface area contributed by atoms with E-state index in [1.807, 2.05) is 18.2 Å². The zero-order valence-corrected chi connectivity index (χ0v) is 12.1. The maximum Gasteiger partial charge on any atom is 0.318 e. The minimum Gasteiger partial charge on any atom is -0.497 e. The number of hydrogen-bond donors (Lipinski definition) is 3. The summed E-state index contributed by atoms with van der Waals surface area (Å²) in [6.07, 6.45) is 0. The first-order valence-electron chi connectivity index (χ1n) is 6.66. The summed E-state index contributed by atoms with van der Waals surface area (Å²) in [6, 6.07) is 14.6. The van der Waals surface area contributed by atoms with Crippen LogP contribution in [0.5, 0.6) is 5.75 Å². The number of ether oxygens (including phenoxy) is 1. The molecule has 0 spiro atoms. The van der Waals surface area contributed by atoms with Gasteiger partial charge in [-0.15, -0.1) is 0 Å². The SMILES string of the molecule is COc1ccc(N[C@H](C(=O)NC(N)=O)c2ccccc2)cc1. The van der Waals surface area contributed by atoms with Crippen LogP contribution in [0.3, 0.4) is 0 Å². The number of nitrogens with two attached hydrogens (primary N) is 1. The smallest absolute Gasteiger partial charge is 0.318 e. The van der Waals surface area contributed by atoms with Crippen LogP contribution in [-0.2, 0) is 4.79 Å². The predicted molar refractivity (Wildman–Crippen MR) is 83.5 cm³/mol. The highest BCUT2D eigenvalue weighted by Gasteiger charge is 2.21. The molecule has 0 bridgehead atoms. The van der Waals surface area contributed by atoms with Crippen LogP contribution in [0.25, 0.3) is 0 Å². The maximum atomic E-state index is 12.2. The summed E-state index contributed by atoms with van der Waals surface area (Å²) in [4.78, 5) is 23.1. The third-order valence-electron chi connectivity index (χ3n) is 3.04. The number of primary amides is 1. The third-order valence-corrected chi connectivity index (χ3v) is 3.04. The number of imide groups is 1. The highest BCUT2D eigenvalue weighted by molar-refractivity contribution is 5.98. The molecule has 0 saturated heterocycles. The van der Waals surface area contributed by atoms with Crippen LogP contribution < -0.4 is 21.1 Å². The first-order chi connectivity index (χ1) is 10.6. The van der Waals surface area contributed by atoms with E-state index >= 15 is 0 Å². The zero-order chi connectivity index (χ0) is 15.9. The number of hydrogen-bond acceptors (Lipinski definition) is 4. The van der Waals surface area contributed by atoms with Gasteiger partial charge in [0.25, 0.3) is 5.91 Å². The highest BCUT2D eigenvalue weighted by Crippen LogP contribution is 2.22. The Balaban J connectivity index is 2.23. The topological polar surface area (TPSA) is 93.4 Å². The molecule has 0 aliphatic rings. The lowest BCUT2D eigenvalue weighted by atomic mass is 10.1. The number of urea groups is 1. The molecule has 0 aliphatic carbocycles. The molecule has 0 radical (unpaired) electrons. The van der Waals surface area contributed by atoms with Crippen molar-refractivity contribution >= 4 is 17.6 Å². The quantitative estimate of drug-likeness (QED) is 0.787. The van der Waals surface area contributed by atoms with Crippen LogP contribution in [0.1, 0.15) is 11.6 Å². The summed E-state index contributed by atoms with van der Waals surface area (Å²) in [5, 5.41) is 5.17. The van der Waals surface area contributed by atoms with Gasteiger partial charge < -0.3 is 15.8 Å². The Morgan fingerprint density at radius 3 is 2.23 bits per heavy atom. The van der Waals surface area contributed by atoms with Gasteiger partial charge in [-0.2, -0.15) is 0 Å². The van der Waals surface area contributed by atoms with Gasteiger partial charge in [-0.3, -0.25) is 10.1 Å². The molecule has 0 fully saturated rings. The third kappa shape index (κ3) is 3.99. The number of nitrogens with one attached hydrogen (secondary N) is 2. The monoisotopic (exact) mass is 299 g/mol. The van der Waals surface area contributed by atoms with Crippen LogP contribution in [0.2, 0.25) is 0 Å². The van der Waals surface area contributed by atoms with Crippen molar-refractivity contribution in [3.63, 3.8) is 0 Å². The normalized spacial score (nSPS) is 11.3. The Morgan fingerprint density at radius 1 is 1.05 bits per heavy atom. The zero-order valence-electron chi connectivity index (χ0n) is 12.1. The van der Waals surface area contributed by atoms with Crippen molar-refractivity contribution in [1.82, 2.24) is 5.32 Å². The summed E-state index contributed by atoms with van der Waals surface area (Å²) in [7, 11) is 1.58. The molecule has 3 amide bonds. The molecule has 6 heteroatoms. The van der Waals surface area contributed by atoms with Gasteiger partial charge in [-0.25, -0.2) is 4.79 Å². The van der Waals surface area contributed by atoms with Crippen molar-refractivity contribution in [2.75, 3.05) is 12.4 Å². The summed E-state index contributed by atoms with van der Waals surface area (Å²) in [6.45, 7) is 0. The number of carbonyl (C=O) groups is 2. The number of anilines is 1. The second-order valence-electron chi connectivity index (χ2n) is 4.57. The summed E-state index contributed by atoms with van der Waals surface area (Å²) >= 11 is 0. The van der Waals surface area contributed by atoms with Crippen LogP contribution in [0.4, 0.5) is 10.5 Å². The van der Waals surface area contributed by atoms with Crippen LogP contribution in [0, 0.1) is 0 Å². The molecule has 0 aromatic heterocycles. The van der Waals surface area contributed by atoms with E-state index < -0.39 is 18.0 Å². The van der Waals surface area contributed by atoms with Crippen molar-refractivity contribution in [1.29, 1.82) is 0 Å². The molecule has 0 saturated carbocycles. The van der Waals surface area contributed by atoms with Gasteiger partial charge >= 0.3 is 6.03 Å². The number of amides is 3. The van der Waals surface area contributed by atoms with Gasteiger partial charge in [0.05, 0.1) is 7.11 Å². The molecule has 6 nitrogen and oxygen atoms in total. The van der Waals surface area contributed by atoms with E-state index in [0.29, 0.717) is 11.4 Å². The van der Waals surface area contributed by atoms with Crippen molar-refractivity contribution < 1.29 is 14.3 Å². The van der Waals surface area contributed by atoms with E-state index in [9.17, 15) is 9.59 Å². The van der Waals surface area contributed by atoms with E-state index in [0.717, 1.165) is 5.56 Å². The average Bonchev–Trinajstić information content (AvgIpc) is 2.53. The fourth-order valence-electron chi connectivity index (χ4n) is 1.99. The molecule has 22 heavy (non-hydrogen) atoms. The fourth-order valence-corrected chi connectivity index (χ4v) is 1.99. The van der Waals surface area contributed by atoms with Gasteiger partial charge in [0.15, 0.2) is 0 Å². The van der Waals surface area contributed by atoms with Gasteiger partial charge in [0, 0.05) is 5.69 Å². The average molecular weight is 299 g/mol. The molecule has 0 aliphatic heterocycles. The van der Waals surface area contributed by atoms with Crippen molar-refractivity contribution in [2.45, 2.75) is 6.04 Å². The number of carbonyl (C=O) groups excluding carboxylic acids is 2. The standard InChI is InChI=1S/C16H17N3O3/c1-22-13-9-7-12(8-10-13)18-14(15(20)19-16(17)21)11-5-3-2-4-6-11/h2-10,14,18H,1H3,(H3,17,19,20,21)/t14-/m0/s1. The molecule has 1 atom stereocenters. The Hall–Kier alpha value is -3.02. The van der Waals surface area contributed by atoms with E-state index in [2.05, 4.69) is 10.6 Å². The van der Waals surface area contributed by atoms with E-state index in [1.54, 1.807) is 43.5 Å². The summed E-state index contributed by atoms with van der Waals surface area (Å²) < 4.78 is 5.09. The molecule has 4 N–H and O–H groups in total. The molecule has 0 heterocycles. The summed E-state index contributed by atoms with van der Waals surface area (Å²) in [5.41, 5.74) is 6.46. The molecular formula is C16H17N3O3. The second-order valence-corrected chi connectivity index (χ2v) is 4.57.